The highest BCUT2D eigenvalue weighted by molar-refractivity contribution is 5.90. The molecule has 0 bridgehead atoms. The van der Waals surface area contributed by atoms with E-state index in [1.807, 2.05) is 0 Å². The quantitative estimate of drug-likeness (QED) is 0.677. The lowest BCUT2D eigenvalue weighted by Gasteiger charge is -2.32. The number of hydrogen-bond acceptors (Lipinski definition) is 4. The van der Waals surface area contributed by atoms with Crippen molar-refractivity contribution in [3.05, 3.63) is 0 Å². The Kier molecular flexibility index (Phi) is 5.30. The molecule has 2 heterocycles. The topological polar surface area (TPSA) is 102 Å². The maximum absolute atomic E-state index is 13.2. The van der Waals surface area contributed by atoms with Crippen molar-refractivity contribution in [1.29, 1.82) is 5.26 Å². The molecule has 7 heteroatoms. The molecular formula is C22H32N4O3. The van der Waals surface area contributed by atoms with Crippen molar-refractivity contribution >= 4 is 17.7 Å². The van der Waals surface area contributed by atoms with Crippen LogP contribution >= 0.6 is 0 Å². The molecule has 5 atom stereocenters. The van der Waals surface area contributed by atoms with Gasteiger partial charge in [-0.2, -0.15) is 5.26 Å². The number of fused-ring (bicyclic) bond motifs is 1. The van der Waals surface area contributed by atoms with Crippen LogP contribution in [0.4, 0.5) is 0 Å². The minimum Gasteiger partial charge on any atom is -0.356 e. The second-order valence-electron chi connectivity index (χ2n) is 9.98. The van der Waals surface area contributed by atoms with E-state index in [4.69, 9.17) is 0 Å². The lowest BCUT2D eigenvalue weighted by molar-refractivity contribution is -0.140. The smallest absolute Gasteiger partial charge is 0.244 e. The molecule has 7 nitrogen and oxygen atoms in total. The number of carbonyl (C=O) groups excluding carboxylic acids is 3. The van der Waals surface area contributed by atoms with E-state index in [2.05, 4.69) is 30.6 Å². The summed E-state index contributed by atoms with van der Waals surface area (Å²) in [5.41, 5.74) is 0.0558. The summed E-state index contributed by atoms with van der Waals surface area (Å²) in [4.78, 5) is 39.6. The van der Waals surface area contributed by atoms with Crippen molar-refractivity contribution in [1.82, 2.24) is 15.5 Å². The van der Waals surface area contributed by atoms with Crippen LogP contribution in [0.3, 0.4) is 0 Å². The molecule has 2 saturated carbocycles. The van der Waals surface area contributed by atoms with Crippen molar-refractivity contribution in [3.8, 4) is 6.07 Å². The number of nitrogens with one attached hydrogen (secondary N) is 2. The molecule has 2 aliphatic heterocycles. The fraction of sp³-hybridized carbons (Fsp3) is 0.818. The van der Waals surface area contributed by atoms with Crippen molar-refractivity contribution in [2.24, 2.45) is 29.1 Å². The van der Waals surface area contributed by atoms with Crippen LogP contribution in [0.25, 0.3) is 0 Å². The van der Waals surface area contributed by atoms with E-state index in [9.17, 15) is 19.6 Å². The van der Waals surface area contributed by atoms with Crippen molar-refractivity contribution in [3.63, 3.8) is 0 Å². The Bertz CT molecular complexity index is 739. The molecule has 4 aliphatic rings. The Morgan fingerprint density at radius 2 is 2.10 bits per heavy atom. The van der Waals surface area contributed by atoms with Gasteiger partial charge in [0.1, 0.15) is 12.1 Å². The fourth-order valence-electron chi connectivity index (χ4n) is 5.65. The van der Waals surface area contributed by atoms with E-state index in [1.165, 1.54) is 19.3 Å². The number of carbonyl (C=O) groups is 3. The van der Waals surface area contributed by atoms with Gasteiger partial charge in [-0.1, -0.05) is 33.1 Å². The summed E-state index contributed by atoms with van der Waals surface area (Å²) in [6, 6.07) is 0.944. The Morgan fingerprint density at radius 3 is 2.69 bits per heavy atom. The summed E-state index contributed by atoms with van der Waals surface area (Å²) in [7, 11) is 0. The standard InChI is InChI=1S/C22H32N4O3/c1-22(2)16-12-26(17(27)7-6-13-4-3-5-13)19(18(16)22)21(29)25-15(11-23)10-14-8-9-24-20(14)28/h13-16,18-19H,3-10,12H2,1-2H3,(H,24,28)(H,25,29)/t14-,15-,16-,18?,19-/m0/s1. The normalized spacial score (nSPS) is 33.3. The number of piperidine rings is 1. The molecule has 1 unspecified atom stereocenters. The van der Waals surface area contributed by atoms with Crippen LogP contribution in [0.2, 0.25) is 0 Å². The Labute approximate surface area is 172 Å². The molecule has 0 aromatic carbocycles. The minimum atomic E-state index is -0.704. The van der Waals surface area contributed by atoms with Crippen molar-refractivity contribution in [2.45, 2.75) is 70.9 Å². The molecule has 2 aliphatic carbocycles. The molecule has 2 N–H and O–H groups in total. The summed E-state index contributed by atoms with van der Waals surface area (Å²) in [5.74, 6) is 0.746. The van der Waals surface area contributed by atoms with Crippen LogP contribution in [-0.2, 0) is 14.4 Å². The predicted molar refractivity (Wildman–Crippen MR) is 106 cm³/mol. The average molecular weight is 401 g/mol. The van der Waals surface area contributed by atoms with Gasteiger partial charge in [0.15, 0.2) is 0 Å². The van der Waals surface area contributed by atoms with E-state index in [1.54, 1.807) is 4.90 Å². The molecule has 158 valence electrons. The summed E-state index contributed by atoms with van der Waals surface area (Å²) in [6.45, 7) is 5.58. The average Bonchev–Trinajstić information content (AvgIpc) is 3.02. The third-order valence-electron chi connectivity index (χ3n) is 7.94. The van der Waals surface area contributed by atoms with Crippen LogP contribution in [0.5, 0.6) is 0 Å². The summed E-state index contributed by atoms with van der Waals surface area (Å²) in [5, 5.41) is 15.1. The molecular weight excluding hydrogens is 368 g/mol. The largest absolute Gasteiger partial charge is 0.356 e. The van der Waals surface area contributed by atoms with Crippen LogP contribution in [0.1, 0.15) is 58.8 Å². The number of amides is 3. The van der Waals surface area contributed by atoms with Crippen LogP contribution in [0, 0.1) is 40.4 Å². The van der Waals surface area contributed by atoms with E-state index >= 15 is 0 Å². The van der Waals surface area contributed by atoms with Gasteiger partial charge in [-0.05, 0) is 42.4 Å². The first kappa shape index (κ1) is 20.2. The molecule has 0 aromatic rings. The highest BCUT2D eigenvalue weighted by Crippen LogP contribution is 2.65. The molecule has 3 amide bonds. The van der Waals surface area contributed by atoms with Gasteiger partial charge in [-0.3, -0.25) is 14.4 Å². The molecule has 0 aromatic heterocycles. The van der Waals surface area contributed by atoms with Gasteiger partial charge in [-0.25, -0.2) is 0 Å². The Hall–Kier alpha value is -2.10. The molecule has 4 rings (SSSR count). The maximum Gasteiger partial charge on any atom is 0.244 e. The highest BCUT2D eigenvalue weighted by atomic mass is 16.2. The zero-order valence-corrected chi connectivity index (χ0v) is 17.4. The second-order valence-corrected chi connectivity index (χ2v) is 9.98. The monoisotopic (exact) mass is 400 g/mol. The fourth-order valence-corrected chi connectivity index (χ4v) is 5.65. The number of nitrogens with zero attached hydrogens (tertiary/aromatic N) is 2. The molecule has 0 radical (unpaired) electrons. The Balaban J connectivity index is 1.39. The lowest BCUT2D eigenvalue weighted by atomic mass is 9.82. The first-order chi connectivity index (χ1) is 13.8. The third kappa shape index (κ3) is 3.74. The number of likely N-dealkylation sites (tertiary alicyclic amines) is 1. The molecule has 29 heavy (non-hydrogen) atoms. The van der Waals surface area contributed by atoms with Crippen LogP contribution in [-0.4, -0.2) is 47.8 Å². The molecule has 0 spiro atoms. The van der Waals surface area contributed by atoms with Gasteiger partial charge < -0.3 is 15.5 Å². The van der Waals surface area contributed by atoms with Crippen molar-refractivity contribution < 1.29 is 14.4 Å². The number of rotatable bonds is 7. The highest BCUT2D eigenvalue weighted by Gasteiger charge is 2.69. The van der Waals surface area contributed by atoms with E-state index < -0.39 is 12.1 Å². The summed E-state index contributed by atoms with van der Waals surface area (Å²) in [6.07, 6.45) is 6.15. The zero-order valence-electron chi connectivity index (χ0n) is 17.4. The van der Waals surface area contributed by atoms with E-state index in [0.29, 0.717) is 44.2 Å². The van der Waals surface area contributed by atoms with Crippen LogP contribution in [0.15, 0.2) is 0 Å². The van der Waals surface area contributed by atoms with Gasteiger partial charge in [0.2, 0.25) is 17.7 Å². The maximum atomic E-state index is 13.2. The number of hydrogen-bond donors (Lipinski definition) is 2. The predicted octanol–water partition coefficient (Wildman–Crippen LogP) is 1.58. The first-order valence-corrected chi connectivity index (χ1v) is 11.1. The minimum absolute atomic E-state index is 0.0449. The molecule has 4 fully saturated rings. The zero-order chi connectivity index (χ0) is 20.8. The summed E-state index contributed by atoms with van der Waals surface area (Å²) < 4.78 is 0. The van der Waals surface area contributed by atoms with Crippen LogP contribution < -0.4 is 10.6 Å². The van der Waals surface area contributed by atoms with Gasteiger partial charge >= 0.3 is 0 Å². The van der Waals surface area contributed by atoms with E-state index in [-0.39, 0.29) is 35.0 Å². The SMILES string of the molecule is CC1(C)C2[C@@H](C(=O)N[C@H](C#N)C[C@@H]3CCNC3=O)N(C(=O)CCC3CCC3)C[C@@H]21. The molecule has 2 saturated heterocycles. The number of nitriles is 1. The van der Waals surface area contributed by atoms with Gasteiger partial charge in [-0.15, -0.1) is 0 Å². The first-order valence-electron chi connectivity index (χ1n) is 11.1. The van der Waals surface area contributed by atoms with Crippen molar-refractivity contribution in [2.75, 3.05) is 13.1 Å². The van der Waals surface area contributed by atoms with Gasteiger partial charge in [0, 0.05) is 25.4 Å². The summed E-state index contributed by atoms with van der Waals surface area (Å²) >= 11 is 0. The second kappa shape index (κ2) is 7.62. The van der Waals surface area contributed by atoms with Gasteiger partial charge in [0.25, 0.3) is 0 Å². The lowest BCUT2D eigenvalue weighted by Crippen LogP contribution is -2.52. The third-order valence-corrected chi connectivity index (χ3v) is 7.94. The van der Waals surface area contributed by atoms with Gasteiger partial charge in [0.05, 0.1) is 6.07 Å². The van der Waals surface area contributed by atoms with E-state index in [0.717, 1.165) is 6.42 Å². The Morgan fingerprint density at radius 1 is 1.34 bits per heavy atom.